The molecule has 0 aromatic carbocycles. The summed E-state index contributed by atoms with van der Waals surface area (Å²) < 4.78 is 0. The summed E-state index contributed by atoms with van der Waals surface area (Å²) in [5, 5.41) is 10.3. The molecule has 92 valence electrons. The quantitative estimate of drug-likeness (QED) is 0.687. The van der Waals surface area contributed by atoms with Crippen LogP contribution in [0.2, 0.25) is 0 Å². The summed E-state index contributed by atoms with van der Waals surface area (Å²) in [6, 6.07) is 0. The molecule has 2 nitrogen and oxygen atoms in total. The summed E-state index contributed by atoms with van der Waals surface area (Å²) in [5.74, 6) is 0.453. The Balaban J connectivity index is 2.55. The topological polar surface area (TPSA) is 37.3 Å². The maximum absolute atomic E-state index is 12.1. The van der Waals surface area contributed by atoms with Gasteiger partial charge in [-0.1, -0.05) is 34.6 Å². The SMILES string of the molecule is C[C@@H]1C(=O)C[C@@]2(C)CC[C@@H](O)C(C)(C)[C@@]12C. The Bertz CT molecular complexity index is 334. The van der Waals surface area contributed by atoms with Gasteiger partial charge < -0.3 is 5.11 Å². The van der Waals surface area contributed by atoms with Crippen LogP contribution in [0.25, 0.3) is 0 Å². The zero-order valence-corrected chi connectivity index (χ0v) is 11.1. The number of aliphatic hydroxyl groups excluding tert-OH is 1. The normalized spacial score (nSPS) is 51.5. The van der Waals surface area contributed by atoms with Crippen LogP contribution in [0.1, 0.15) is 53.9 Å². The first-order valence-electron chi connectivity index (χ1n) is 6.37. The highest BCUT2D eigenvalue weighted by atomic mass is 16.3. The molecule has 1 N–H and O–H groups in total. The second-order valence-corrected chi connectivity index (χ2v) is 6.90. The summed E-state index contributed by atoms with van der Waals surface area (Å²) in [4.78, 5) is 12.1. The van der Waals surface area contributed by atoms with Crippen molar-refractivity contribution < 1.29 is 9.90 Å². The highest BCUT2D eigenvalue weighted by molar-refractivity contribution is 5.85. The Morgan fingerprint density at radius 3 is 2.38 bits per heavy atom. The number of carbonyl (C=O) groups is 1. The van der Waals surface area contributed by atoms with Crippen molar-refractivity contribution >= 4 is 5.78 Å². The minimum absolute atomic E-state index is 0.0717. The summed E-state index contributed by atoms with van der Waals surface area (Å²) in [5.41, 5.74) is -0.174. The number of hydrogen-bond acceptors (Lipinski definition) is 2. The van der Waals surface area contributed by atoms with Gasteiger partial charge in [0.05, 0.1) is 6.10 Å². The number of aliphatic hydroxyl groups is 1. The molecule has 16 heavy (non-hydrogen) atoms. The van der Waals surface area contributed by atoms with Gasteiger partial charge in [-0.2, -0.15) is 0 Å². The fraction of sp³-hybridized carbons (Fsp3) is 0.929. The van der Waals surface area contributed by atoms with Crippen molar-refractivity contribution in [1.29, 1.82) is 0 Å². The van der Waals surface area contributed by atoms with Gasteiger partial charge in [-0.3, -0.25) is 4.79 Å². The third-order valence-electron chi connectivity index (χ3n) is 6.31. The van der Waals surface area contributed by atoms with E-state index in [0.717, 1.165) is 12.8 Å². The van der Waals surface area contributed by atoms with Gasteiger partial charge in [-0.05, 0) is 29.1 Å². The van der Waals surface area contributed by atoms with E-state index in [4.69, 9.17) is 0 Å². The van der Waals surface area contributed by atoms with Gasteiger partial charge in [0.2, 0.25) is 0 Å². The molecule has 0 saturated heterocycles. The number of hydrogen-bond donors (Lipinski definition) is 1. The molecule has 0 aromatic rings. The highest BCUT2D eigenvalue weighted by Crippen LogP contribution is 2.68. The lowest BCUT2D eigenvalue weighted by molar-refractivity contribution is -0.160. The molecular weight excluding hydrogens is 200 g/mol. The predicted octanol–water partition coefficient (Wildman–Crippen LogP) is 2.79. The van der Waals surface area contributed by atoms with Crippen molar-refractivity contribution in [2.24, 2.45) is 22.2 Å². The van der Waals surface area contributed by atoms with Crippen LogP contribution in [-0.4, -0.2) is 17.0 Å². The van der Waals surface area contributed by atoms with E-state index in [9.17, 15) is 9.90 Å². The van der Waals surface area contributed by atoms with E-state index in [-0.39, 0.29) is 28.3 Å². The van der Waals surface area contributed by atoms with Crippen LogP contribution in [-0.2, 0) is 4.79 Å². The molecule has 0 bridgehead atoms. The third kappa shape index (κ3) is 1.09. The van der Waals surface area contributed by atoms with Crippen LogP contribution in [0.15, 0.2) is 0 Å². The molecule has 2 saturated carbocycles. The van der Waals surface area contributed by atoms with E-state index >= 15 is 0 Å². The molecule has 2 heteroatoms. The first kappa shape index (κ1) is 12.1. The Kier molecular flexibility index (Phi) is 2.34. The monoisotopic (exact) mass is 224 g/mol. The van der Waals surface area contributed by atoms with Gasteiger partial charge >= 0.3 is 0 Å². The molecule has 2 fully saturated rings. The smallest absolute Gasteiger partial charge is 0.136 e. The van der Waals surface area contributed by atoms with Gasteiger partial charge in [0.15, 0.2) is 0 Å². The maximum Gasteiger partial charge on any atom is 0.136 e. The largest absolute Gasteiger partial charge is 0.393 e. The Morgan fingerprint density at radius 1 is 1.25 bits per heavy atom. The molecule has 0 heterocycles. The number of rotatable bonds is 0. The molecule has 2 aliphatic carbocycles. The number of carbonyl (C=O) groups excluding carboxylic acids is 1. The van der Waals surface area contributed by atoms with E-state index in [1.54, 1.807) is 0 Å². The first-order chi connectivity index (χ1) is 7.17. The van der Waals surface area contributed by atoms with Crippen LogP contribution in [0, 0.1) is 22.2 Å². The van der Waals surface area contributed by atoms with Crippen molar-refractivity contribution in [3.8, 4) is 0 Å². The Morgan fingerprint density at radius 2 is 1.81 bits per heavy atom. The van der Waals surface area contributed by atoms with Crippen LogP contribution >= 0.6 is 0 Å². The van der Waals surface area contributed by atoms with Crippen molar-refractivity contribution in [3.05, 3.63) is 0 Å². The molecule has 0 unspecified atom stereocenters. The zero-order chi connectivity index (χ0) is 12.4. The van der Waals surface area contributed by atoms with Gasteiger partial charge in [0.1, 0.15) is 5.78 Å². The average molecular weight is 224 g/mol. The van der Waals surface area contributed by atoms with E-state index in [0.29, 0.717) is 12.2 Å². The summed E-state index contributed by atoms with van der Waals surface area (Å²) in [6.45, 7) is 10.8. The van der Waals surface area contributed by atoms with E-state index < -0.39 is 0 Å². The van der Waals surface area contributed by atoms with Gasteiger partial charge in [-0.15, -0.1) is 0 Å². The van der Waals surface area contributed by atoms with E-state index in [1.807, 2.05) is 6.92 Å². The number of Topliss-reactive ketones (excluding diaryl/α,β-unsaturated/α-hetero) is 1. The molecule has 0 amide bonds. The summed E-state index contributed by atoms with van der Waals surface area (Å²) in [7, 11) is 0. The molecule has 0 aromatic heterocycles. The maximum atomic E-state index is 12.1. The van der Waals surface area contributed by atoms with E-state index in [2.05, 4.69) is 27.7 Å². The molecular formula is C14H24O2. The van der Waals surface area contributed by atoms with Crippen LogP contribution in [0.3, 0.4) is 0 Å². The summed E-state index contributed by atoms with van der Waals surface area (Å²) >= 11 is 0. The minimum Gasteiger partial charge on any atom is -0.393 e. The van der Waals surface area contributed by atoms with Crippen LogP contribution in [0.5, 0.6) is 0 Å². The lowest BCUT2D eigenvalue weighted by Gasteiger charge is -2.59. The highest BCUT2D eigenvalue weighted by Gasteiger charge is 2.66. The van der Waals surface area contributed by atoms with Gasteiger partial charge in [0.25, 0.3) is 0 Å². The van der Waals surface area contributed by atoms with Crippen molar-refractivity contribution in [2.75, 3.05) is 0 Å². The Labute approximate surface area is 98.4 Å². The van der Waals surface area contributed by atoms with Crippen molar-refractivity contribution in [1.82, 2.24) is 0 Å². The lowest BCUT2D eigenvalue weighted by atomic mass is 9.46. The van der Waals surface area contributed by atoms with Crippen LogP contribution < -0.4 is 0 Å². The molecule has 2 aliphatic rings. The molecule has 0 aliphatic heterocycles. The number of ketones is 1. The average Bonchev–Trinajstić information content (AvgIpc) is 2.37. The minimum atomic E-state index is -0.279. The third-order valence-corrected chi connectivity index (χ3v) is 6.31. The zero-order valence-electron chi connectivity index (χ0n) is 11.1. The fourth-order valence-corrected chi connectivity index (χ4v) is 4.41. The molecule has 0 radical (unpaired) electrons. The van der Waals surface area contributed by atoms with Crippen molar-refractivity contribution in [2.45, 2.75) is 60.0 Å². The molecule has 0 spiro atoms. The van der Waals surface area contributed by atoms with Crippen LogP contribution in [0.4, 0.5) is 0 Å². The lowest BCUT2D eigenvalue weighted by Crippen LogP contribution is -2.57. The second kappa shape index (κ2) is 3.10. The van der Waals surface area contributed by atoms with Gasteiger partial charge in [0, 0.05) is 12.3 Å². The molecule has 4 atom stereocenters. The predicted molar refractivity (Wildman–Crippen MR) is 64.0 cm³/mol. The second-order valence-electron chi connectivity index (χ2n) is 6.90. The summed E-state index contributed by atoms with van der Waals surface area (Å²) in [6.07, 6.45) is 2.23. The Hall–Kier alpha value is -0.370. The molecule has 2 rings (SSSR count). The van der Waals surface area contributed by atoms with E-state index in [1.165, 1.54) is 0 Å². The fourth-order valence-electron chi connectivity index (χ4n) is 4.41. The van der Waals surface area contributed by atoms with Gasteiger partial charge in [-0.25, -0.2) is 0 Å². The first-order valence-corrected chi connectivity index (χ1v) is 6.37. The van der Waals surface area contributed by atoms with Crippen molar-refractivity contribution in [3.63, 3.8) is 0 Å². The number of fused-ring (bicyclic) bond motifs is 1. The standard InChI is InChI=1S/C14H24O2/c1-9-10(15)8-13(4)7-6-11(16)12(2,3)14(9,13)5/h9,11,16H,6-8H2,1-5H3/t9-,11-,13-,14-/m1/s1.